The molecule has 0 radical (unpaired) electrons. The monoisotopic (exact) mass is 273 g/mol. The molecule has 1 rings (SSSR count). The van der Waals surface area contributed by atoms with Crippen molar-refractivity contribution in [2.24, 2.45) is 5.14 Å². The van der Waals surface area contributed by atoms with E-state index in [1.165, 1.54) is 11.3 Å². The number of thiophene rings is 1. The summed E-state index contributed by atoms with van der Waals surface area (Å²) in [5, 5.41) is 7.16. The van der Waals surface area contributed by atoms with Crippen molar-refractivity contribution in [3.63, 3.8) is 0 Å². The molecule has 0 fully saturated rings. The van der Waals surface area contributed by atoms with Crippen LogP contribution in [0.25, 0.3) is 0 Å². The third-order valence-corrected chi connectivity index (χ3v) is 5.17. The van der Waals surface area contributed by atoms with Crippen molar-refractivity contribution < 1.29 is 8.42 Å². The highest BCUT2D eigenvalue weighted by atomic mass is 32.2. The zero-order valence-electron chi connectivity index (χ0n) is 10.1. The first-order valence-corrected chi connectivity index (χ1v) is 8.16. The maximum atomic E-state index is 11.5. The molecular weight excluding hydrogens is 254 g/mol. The van der Waals surface area contributed by atoms with Crippen LogP contribution in [-0.4, -0.2) is 8.42 Å². The molecule has 0 aromatic carbocycles. The molecule has 17 heavy (non-hydrogen) atoms. The summed E-state index contributed by atoms with van der Waals surface area (Å²) in [6, 6.07) is 0. The van der Waals surface area contributed by atoms with Gasteiger partial charge in [-0.1, -0.05) is 19.4 Å². The Bertz CT molecular complexity index is 475. The van der Waals surface area contributed by atoms with E-state index in [2.05, 4.69) is 13.5 Å². The molecule has 2 N–H and O–H groups in total. The number of hydrogen-bond acceptors (Lipinski definition) is 3. The Balaban J connectivity index is 3.01. The SMILES string of the molecule is C=CCCCc1c(CCC)csc1S(N)(=O)=O. The largest absolute Gasteiger partial charge is 0.247 e. The van der Waals surface area contributed by atoms with E-state index >= 15 is 0 Å². The lowest BCUT2D eigenvalue weighted by atomic mass is 10.0. The molecule has 3 nitrogen and oxygen atoms in total. The molecule has 96 valence electrons. The van der Waals surface area contributed by atoms with Crippen LogP contribution in [0.5, 0.6) is 0 Å². The fourth-order valence-corrected chi connectivity index (χ4v) is 3.94. The number of primary sulfonamides is 1. The van der Waals surface area contributed by atoms with Gasteiger partial charge < -0.3 is 0 Å². The first-order chi connectivity index (χ1) is 8.00. The van der Waals surface area contributed by atoms with Crippen molar-refractivity contribution in [2.75, 3.05) is 0 Å². The maximum Gasteiger partial charge on any atom is 0.247 e. The van der Waals surface area contributed by atoms with Gasteiger partial charge in [0, 0.05) is 0 Å². The number of nitrogens with two attached hydrogens (primary N) is 1. The lowest BCUT2D eigenvalue weighted by molar-refractivity contribution is 0.598. The van der Waals surface area contributed by atoms with Crippen LogP contribution in [0.1, 0.15) is 37.3 Å². The van der Waals surface area contributed by atoms with E-state index < -0.39 is 10.0 Å². The van der Waals surface area contributed by atoms with Gasteiger partial charge in [-0.3, -0.25) is 0 Å². The van der Waals surface area contributed by atoms with Crippen LogP contribution < -0.4 is 5.14 Å². The normalized spacial score (nSPS) is 11.6. The van der Waals surface area contributed by atoms with Crippen LogP contribution in [0, 0.1) is 0 Å². The first-order valence-electron chi connectivity index (χ1n) is 5.73. The van der Waals surface area contributed by atoms with Crippen molar-refractivity contribution in [3.8, 4) is 0 Å². The number of unbranched alkanes of at least 4 members (excludes halogenated alkanes) is 1. The molecule has 0 saturated heterocycles. The van der Waals surface area contributed by atoms with Gasteiger partial charge >= 0.3 is 0 Å². The summed E-state index contributed by atoms with van der Waals surface area (Å²) in [4.78, 5) is 0. The second kappa shape index (κ2) is 6.33. The van der Waals surface area contributed by atoms with E-state index in [0.717, 1.165) is 43.2 Å². The van der Waals surface area contributed by atoms with Gasteiger partial charge in [0.15, 0.2) is 0 Å². The van der Waals surface area contributed by atoms with Crippen LogP contribution in [0.4, 0.5) is 0 Å². The van der Waals surface area contributed by atoms with Crippen molar-refractivity contribution in [1.82, 2.24) is 0 Å². The van der Waals surface area contributed by atoms with Gasteiger partial charge in [0.2, 0.25) is 10.0 Å². The van der Waals surface area contributed by atoms with Crippen molar-refractivity contribution >= 4 is 21.4 Å². The topological polar surface area (TPSA) is 60.2 Å². The molecule has 0 saturated carbocycles. The number of hydrogen-bond donors (Lipinski definition) is 1. The maximum absolute atomic E-state index is 11.5. The van der Waals surface area contributed by atoms with Crippen LogP contribution in [0.3, 0.4) is 0 Å². The Morgan fingerprint density at radius 1 is 1.47 bits per heavy atom. The Morgan fingerprint density at radius 3 is 2.71 bits per heavy atom. The number of sulfonamides is 1. The molecule has 0 atom stereocenters. The second-order valence-electron chi connectivity index (χ2n) is 4.00. The average Bonchev–Trinajstić information content (AvgIpc) is 2.62. The minimum atomic E-state index is -3.58. The van der Waals surface area contributed by atoms with E-state index in [4.69, 9.17) is 5.14 Å². The fourth-order valence-electron chi connectivity index (χ4n) is 1.80. The van der Waals surface area contributed by atoms with Crippen LogP contribution in [0.15, 0.2) is 22.2 Å². The standard InChI is InChI=1S/C12H19NO2S2/c1-3-5-6-8-11-10(7-4-2)9-16-12(11)17(13,14)15/h3,9H,1,4-8H2,2H3,(H2,13,14,15). The molecule has 1 heterocycles. The fraction of sp³-hybridized carbons (Fsp3) is 0.500. The summed E-state index contributed by atoms with van der Waals surface area (Å²) in [7, 11) is -3.58. The highest BCUT2D eigenvalue weighted by molar-refractivity contribution is 7.91. The van der Waals surface area contributed by atoms with Crippen molar-refractivity contribution in [3.05, 3.63) is 29.2 Å². The zero-order valence-corrected chi connectivity index (χ0v) is 11.7. The summed E-state index contributed by atoms with van der Waals surface area (Å²) in [6.45, 7) is 5.75. The number of aryl methyl sites for hydroxylation is 1. The van der Waals surface area contributed by atoms with Gasteiger partial charge in [0.25, 0.3) is 0 Å². The van der Waals surface area contributed by atoms with E-state index in [0.29, 0.717) is 4.21 Å². The highest BCUT2D eigenvalue weighted by Gasteiger charge is 2.19. The third-order valence-electron chi connectivity index (χ3n) is 2.56. The van der Waals surface area contributed by atoms with E-state index in [-0.39, 0.29) is 0 Å². The molecule has 1 aromatic heterocycles. The minimum Gasteiger partial charge on any atom is -0.224 e. The van der Waals surface area contributed by atoms with Gasteiger partial charge in [0.05, 0.1) is 0 Å². The van der Waals surface area contributed by atoms with Crippen molar-refractivity contribution in [2.45, 2.75) is 43.2 Å². The van der Waals surface area contributed by atoms with E-state index in [1.54, 1.807) is 0 Å². The third kappa shape index (κ3) is 3.94. The molecular formula is C12H19NO2S2. The predicted molar refractivity (Wildman–Crippen MR) is 72.8 cm³/mol. The summed E-state index contributed by atoms with van der Waals surface area (Å²) in [5.74, 6) is 0. The van der Waals surface area contributed by atoms with Gasteiger partial charge in [-0.2, -0.15) is 0 Å². The summed E-state index contributed by atoms with van der Waals surface area (Å²) >= 11 is 1.24. The molecule has 0 unspecified atom stereocenters. The Hall–Kier alpha value is -0.650. The van der Waals surface area contributed by atoms with Gasteiger partial charge in [-0.05, 0) is 42.2 Å². The quantitative estimate of drug-likeness (QED) is 0.613. The summed E-state index contributed by atoms with van der Waals surface area (Å²) < 4.78 is 23.3. The average molecular weight is 273 g/mol. The number of allylic oxidation sites excluding steroid dienone is 1. The van der Waals surface area contributed by atoms with Crippen LogP contribution >= 0.6 is 11.3 Å². The zero-order chi connectivity index (χ0) is 12.9. The molecule has 1 aromatic rings. The molecule has 0 aliphatic rings. The molecule has 0 aliphatic carbocycles. The predicted octanol–water partition coefficient (Wildman–Crippen LogP) is 2.86. The van der Waals surface area contributed by atoms with Crippen LogP contribution in [0.2, 0.25) is 0 Å². The van der Waals surface area contributed by atoms with E-state index in [9.17, 15) is 8.42 Å². The van der Waals surface area contributed by atoms with Gasteiger partial charge in [-0.25, -0.2) is 13.6 Å². The molecule has 0 amide bonds. The summed E-state index contributed by atoms with van der Waals surface area (Å²) in [6.07, 6.45) is 6.34. The Morgan fingerprint density at radius 2 is 2.18 bits per heavy atom. The van der Waals surface area contributed by atoms with Crippen molar-refractivity contribution in [1.29, 1.82) is 0 Å². The molecule has 0 aliphatic heterocycles. The lowest BCUT2D eigenvalue weighted by Crippen LogP contribution is -2.13. The van der Waals surface area contributed by atoms with E-state index in [1.807, 2.05) is 11.5 Å². The molecule has 5 heteroatoms. The Labute approximate surface area is 107 Å². The number of rotatable bonds is 7. The molecule has 0 bridgehead atoms. The smallest absolute Gasteiger partial charge is 0.224 e. The molecule has 0 spiro atoms. The van der Waals surface area contributed by atoms with Gasteiger partial charge in [-0.15, -0.1) is 17.9 Å². The second-order valence-corrected chi connectivity index (χ2v) is 6.64. The first kappa shape index (κ1) is 14.4. The van der Waals surface area contributed by atoms with Gasteiger partial charge in [0.1, 0.15) is 4.21 Å². The highest BCUT2D eigenvalue weighted by Crippen LogP contribution is 2.28. The van der Waals surface area contributed by atoms with Crippen LogP contribution in [-0.2, 0) is 22.9 Å². The summed E-state index contributed by atoms with van der Waals surface area (Å²) in [5.41, 5.74) is 2.05. The minimum absolute atomic E-state index is 0.338. The lowest BCUT2D eigenvalue weighted by Gasteiger charge is -2.05. The Kier molecular flexibility index (Phi) is 5.36.